The van der Waals surface area contributed by atoms with Crippen molar-refractivity contribution < 1.29 is 4.79 Å². The highest BCUT2D eigenvalue weighted by Gasteiger charge is 2.27. The lowest BCUT2D eigenvalue weighted by Crippen LogP contribution is -2.35. The lowest BCUT2D eigenvalue weighted by Gasteiger charge is -2.14. The van der Waals surface area contributed by atoms with Crippen molar-refractivity contribution in [3.8, 4) is 0 Å². The Balaban J connectivity index is 1.86. The summed E-state index contributed by atoms with van der Waals surface area (Å²) < 4.78 is 1.14. The van der Waals surface area contributed by atoms with Crippen molar-refractivity contribution in [3.05, 3.63) is 20.8 Å². The first-order chi connectivity index (χ1) is 7.16. The van der Waals surface area contributed by atoms with E-state index in [1.54, 1.807) is 11.3 Å². The zero-order valence-electron chi connectivity index (χ0n) is 8.28. The van der Waals surface area contributed by atoms with Gasteiger partial charge in [-0.25, -0.2) is 0 Å². The molecule has 15 heavy (non-hydrogen) atoms. The number of nitrogens with zero attached hydrogens (tertiary/aromatic N) is 1. The van der Waals surface area contributed by atoms with E-state index in [9.17, 15) is 4.79 Å². The van der Waals surface area contributed by atoms with Gasteiger partial charge in [-0.2, -0.15) is 0 Å². The molecule has 2 heterocycles. The fourth-order valence-corrected chi connectivity index (χ4v) is 3.19. The van der Waals surface area contributed by atoms with Gasteiger partial charge >= 0.3 is 0 Å². The summed E-state index contributed by atoms with van der Waals surface area (Å²) in [5.41, 5.74) is 5.65. The molecule has 0 saturated carbocycles. The number of rotatable bonds is 3. The largest absolute Gasteiger partial charge is 0.341 e. The summed E-state index contributed by atoms with van der Waals surface area (Å²) in [6.45, 7) is 1.60. The maximum absolute atomic E-state index is 11.5. The van der Waals surface area contributed by atoms with E-state index in [1.165, 1.54) is 4.88 Å². The summed E-state index contributed by atoms with van der Waals surface area (Å²) in [5.74, 6) is 0.102. The van der Waals surface area contributed by atoms with Crippen LogP contribution in [0.5, 0.6) is 0 Å². The first-order valence-corrected chi connectivity index (χ1v) is 6.56. The van der Waals surface area contributed by atoms with Crippen LogP contribution in [0.1, 0.15) is 11.3 Å². The lowest BCUT2D eigenvalue weighted by molar-refractivity contribution is -0.128. The molecule has 1 saturated heterocycles. The third-order valence-corrected chi connectivity index (χ3v) is 4.28. The van der Waals surface area contributed by atoms with Crippen molar-refractivity contribution in [3.63, 3.8) is 0 Å². The summed E-state index contributed by atoms with van der Waals surface area (Å²) in [6.07, 6.45) is 1.72. The SMILES string of the molecule is NC1CCN(CCc2ccc(Br)s2)C1=O. The zero-order chi connectivity index (χ0) is 10.8. The van der Waals surface area contributed by atoms with Crippen LogP contribution in [0.4, 0.5) is 0 Å². The van der Waals surface area contributed by atoms with Crippen LogP contribution in [0.15, 0.2) is 15.9 Å². The van der Waals surface area contributed by atoms with Gasteiger partial charge in [0.05, 0.1) is 9.83 Å². The van der Waals surface area contributed by atoms with Crippen LogP contribution >= 0.6 is 27.3 Å². The van der Waals surface area contributed by atoms with Crippen molar-refractivity contribution in [2.45, 2.75) is 18.9 Å². The van der Waals surface area contributed by atoms with Gasteiger partial charge in [0.25, 0.3) is 0 Å². The molecule has 0 bridgehead atoms. The van der Waals surface area contributed by atoms with Crippen LogP contribution in [0.3, 0.4) is 0 Å². The van der Waals surface area contributed by atoms with Crippen LogP contribution in [-0.4, -0.2) is 29.9 Å². The fourth-order valence-electron chi connectivity index (χ4n) is 1.72. The highest BCUT2D eigenvalue weighted by Crippen LogP contribution is 2.23. The van der Waals surface area contributed by atoms with E-state index < -0.39 is 0 Å². The van der Waals surface area contributed by atoms with E-state index in [1.807, 2.05) is 11.0 Å². The van der Waals surface area contributed by atoms with Crippen LogP contribution in [0.25, 0.3) is 0 Å². The van der Waals surface area contributed by atoms with Gasteiger partial charge in [-0.15, -0.1) is 11.3 Å². The maximum atomic E-state index is 11.5. The van der Waals surface area contributed by atoms with Crippen molar-refractivity contribution in [2.24, 2.45) is 5.73 Å². The van der Waals surface area contributed by atoms with E-state index in [4.69, 9.17) is 5.73 Å². The number of nitrogens with two attached hydrogens (primary N) is 1. The molecular formula is C10H13BrN2OS. The molecule has 1 amide bonds. The van der Waals surface area contributed by atoms with Gasteiger partial charge in [0.2, 0.25) is 5.91 Å². The summed E-state index contributed by atoms with van der Waals surface area (Å²) in [7, 11) is 0. The van der Waals surface area contributed by atoms with Gasteiger partial charge in [-0.05, 0) is 40.9 Å². The molecular weight excluding hydrogens is 276 g/mol. The van der Waals surface area contributed by atoms with Gasteiger partial charge in [0, 0.05) is 18.0 Å². The van der Waals surface area contributed by atoms with Gasteiger partial charge in [0.15, 0.2) is 0 Å². The standard InChI is InChI=1S/C10H13BrN2OS/c11-9-2-1-7(15-9)3-5-13-6-4-8(12)10(13)14/h1-2,8H,3-6,12H2. The minimum atomic E-state index is -0.264. The van der Waals surface area contributed by atoms with Gasteiger partial charge in [-0.3, -0.25) is 4.79 Å². The topological polar surface area (TPSA) is 46.3 Å². The second kappa shape index (κ2) is 4.63. The molecule has 1 fully saturated rings. The van der Waals surface area contributed by atoms with Crippen molar-refractivity contribution in [1.82, 2.24) is 4.90 Å². The Labute approximate surface area is 101 Å². The average Bonchev–Trinajstić information content (AvgIpc) is 2.74. The smallest absolute Gasteiger partial charge is 0.239 e. The van der Waals surface area contributed by atoms with Crippen molar-refractivity contribution in [2.75, 3.05) is 13.1 Å². The Morgan fingerprint density at radius 1 is 1.60 bits per heavy atom. The van der Waals surface area contributed by atoms with Crippen LogP contribution in [0, 0.1) is 0 Å². The molecule has 2 rings (SSSR count). The highest BCUT2D eigenvalue weighted by molar-refractivity contribution is 9.11. The molecule has 0 radical (unpaired) electrons. The molecule has 1 atom stereocenters. The van der Waals surface area contributed by atoms with Crippen LogP contribution in [0.2, 0.25) is 0 Å². The van der Waals surface area contributed by atoms with Gasteiger partial charge in [0.1, 0.15) is 0 Å². The maximum Gasteiger partial charge on any atom is 0.239 e. The molecule has 0 spiro atoms. The highest BCUT2D eigenvalue weighted by atomic mass is 79.9. The first-order valence-electron chi connectivity index (χ1n) is 4.95. The number of carbonyl (C=O) groups is 1. The molecule has 5 heteroatoms. The summed E-state index contributed by atoms with van der Waals surface area (Å²) in [6, 6.07) is 3.87. The molecule has 1 aliphatic heterocycles. The molecule has 0 aliphatic carbocycles. The summed E-state index contributed by atoms with van der Waals surface area (Å²) >= 11 is 5.15. The molecule has 1 unspecified atom stereocenters. The van der Waals surface area contributed by atoms with Crippen LogP contribution in [-0.2, 0) is 11.2 Å². The quantitative estimate of drug-likeness (QED) is 0.919. The normalized spacial score (nSPS) is 21.3. The lowest BCUT2D eigenvalue weighted by atomic mass is 10.3. The molecule has 1 aliphatic rings. The minimum absolute atomic E-state index is 0.102. The van der Waals surface area contributed by atoms with Crippen LogP contribution < -0.4 is 5.73 Å². The van der Waals surface area contributed by atoms with E-state index >= 15 is 0 Å². The molecule has 1 aromatic heterocycles. The fraction of sp³-hybridized carbons (Fsp3) is 0.500. The Morgan fingerprint density at radius 2 is 2.40 bits per heavy atom. The third kappa shape index (κ3) is 2.59. The molecule has 82 valence electrons. The van der Waals surface area contributed by atoms with Gasteiger partial charge in [-0.1, -0.05) is 0 Å². The number of hydrogen-bond donors (Lipinski definition) is 1. The summed E-state index contributed by atoms with van der Waals surface area (Å²) in [4.78, 5) is 14.7. The molecule has 1 aromatic rings. The number of carbonyl (C=O) groups excluding carboxylic acids is 1. The Kier molecular flexibility index (Phi) is 3.43. The number of hydrogen-bond acceptors (Lipinski definition) is 3. The molecule has 3 nitrogen and oxygen atoms in total. The van der Waals surface area contributed by atoms with Gasteiger partial charge < -0.3 is 10.6 Å². The Bertz CT molecular complexity index is 366. The first kappa shape index (κ1) is 11.1. The van der Waals surface area contributed by atoms with E-state index in [0.717, 1.165) is 29.7 Å². The monoisotopic (exact) mass is 288 g/mol. The number of halogens is 1. The van der Waals surface area contributed by atoms with E-state index in [-0.39, 0.29) is 11.9 Å². The molecule has 2 N–H and O–H groups in total. The second-order valence-electron chi connectivity index (χ2n) is 3.68. The third-order valence-electron chi connectivity index (χ3n) is 2.60. The van der Waals surface area contributed by atoms with Crippen molar-refractivity contribution in [1.29, 1.82) is 0 Å². The Hall–Kier alpha value is -0.390. The van der Waals surface area contributed by atoms with Crippen molar-refractivity contribution >= 4 is 33.2 Å². The number of amides is 1. The predicted molar refractivity (Wildman–Crippen MR) is 64.9 cm³/mol. The van der Waals surface area contributed by atoms with E-state index in [2.05, 4.69) is 22.0 Å². The minimum Gasteiger partial charge on any atom is -0.341 e. The second-order valence-corrected chi connectivity index (χ2v) is 6.22. The predicted octanol–water partition coefficient (Wildman–Crippen LogP) is 1.61. The molecule has 0 aromatic carbocycles. The average molecular weight is 289 g/mol. The van der Waals surface area contributed by atoms with E-state index in [0.29, 0.717) is 0 Å². The number of thiophene rings is 1. The summed E-state index contributed by atoms with van der Waals surface area (Å²) in [5, 5.41) is 0. The zero-order valence-corrected chi connectivity index (χ0v) is 10.7. The Morgan fingerprint density at radius 3 is 2.93 bits per heavy atom. The number of likely N-dealkylation sites (tertiary alicyclic amines) is 1.